The van der Waals surface area contributed by atoms with Crippen molar-refractivity contribution in [3.63, 3.8) is 0 Å². The minimum absolute atomic E-state index is 0.471. The van der Waals surface area contributed by atoms with Gasteiger partial charge in [0.15, 0.2) is 0 Å². The third kappa shape index (κ3) is 4.89. The van der Waals surface area contributed by atoms with E-state index in [1.54, 1.807) is 0 Å². The van der Waals surface area contributed by atoms with Crippen molar-refractivity contribution in [2.45, 2.75) is 74.7 Å². The van der Waals surface area contributed by atoms with Gasteiger partial charge in [0.1, 0.15) is 0 Å². The smallest absolute Gasteiger partial charge is 0.0354 e. The Kier molecular flexibility index (Phi) is 6.67. The van der Waals surface area contributed by atoms with E-state index in [9.17, 15) is 0 Å². The Balaban J connectivity index is 4.45. The molecule has 0 nitrogen and oxygen atoms in total. The molecule has 0 amide bonds. The Morgan fingerprint density at radius 3 is 1.62 bits per heavy atom. The van der Waals surface area contributed by atoms with Gasteiger partial charge in [-0.1, -0.05) is 68.2 Å². The van der Waals surface area contributed by atoms with E-state index in [1.807, 2.05) is 0 Å². The van der Waals surface area contributed by atoms with Gasteiger partial charge in [-0.15, -0.1) is 0 Å². The molecule has 16 heavy (non-hydrogen) atoms. The van der Waals surface area contributed by atoms with Crippen LogP contribution in [-0.4, -0.2) is 0 Å². The predicted octanol–water partition coefficient (Wildman–Crippen LogP) is 5.77. The first-order valence-corrected chi connectivity index (χ1v) is 7.23. The molecule has 0 radical (unpaired) electrons. The van der Waals surface area contributed by atoms with Crippen LogP contribution in [-0.2, 0) is 0 Å². The van der Waals surface area contributed by atoms with Gasteiger partial charge in [-0.05, 0) is 35.5 Å². The van der Waals surface area contributed by atoms with Crippen LogP contribution < -0.4 is 0 Å². The van der Waals surface area contributed by atoms with Crippen LogP contribution in [0.15, 0.2) is 0 Å². The summed E-state index contributed by atoms with van der Waals surface area (Å²) >= 11 is 0. The SMILES string of the molecule is CCC(C(C)C)C(C)CC(CC)C(C)(C)C. The summed E-state index contributed by atoms with van der Waals surface area (Å²) in [6.07, 6.45) is 4.05. The maximum Gasteiger partial charge on any atom is -0.0354 e. The molecule has 0 aromatic carbocycles. The van der Waals surface area contributed by atoms with Crippen molar-refractivity contribution < 1.29 is 0 Å². The Labute approximate surface area is 104 Å². The Hall–Kier alpha value is 0. The first-order chi connectivity index (χ1) is 7.23. The van der Waals surface area contributed by atoms with Gasteiger partial charge < -0.3 is 0 Å². The number of rotatable bonds is 6. The molecule has 0 aromatic heterocycles. The Morgan fingerprint density at radius 1 is 0.875 bits per heavy atom. The van der Waals surface area contributed by atoms with Gasteiger partial charge in [0.25, 0.3) is 0 Å². The van der Waals surface area contributed by atoms with E-state index in [2.05, 4.69) is 55.4 Å². The number of hydrogen-bond donors (Lipinski definition) is 0. The molecule has 0 aromatic rings. The van der Waals surface area contributed by atoms with E-state index < -0.39 is 0 Å². The fraction of sp³-hybridized carbons (Fsp3) is 1.00. The fourth-order valence-electron chi connectivity index (χ4n) is 3.29. The van der Waals surface area contributed by atoms with Crippen LogP contribution in [0.3, 0.4) is 0 Å². The van der Waals surface area contributed by atoms with E-state index in [1.165, 1.54) is 19.3 Å². The van der Waals surface area contributed by atoms with Crippen LogP contribution >= 0.6 is 0 Å². The summed E-state index contributed by atoms with van der Waals surface area (Å²) in [5, 5.41) is 0. The molecule has 0 fully saturated rings. The maximum absolute atomic E-state index is 2.46. The first-order valence-electron chi connectivity index (χ1n) is 7.23. The molecule has 98 valence electrons. The topological polar surface area (TPSA) is 0 Å². The van der Waals surface area contributed by atoms with Gasteiger partial charge in [0.2, 0.25) is 0 Å². The van der Waals surface area contributed by atoms with Crippen molar-refractivity contribution in [3.8, 4) is 0 Å². The van der Waals surface area contributed by atoms with E-state index >= 15 is 0 Å². The summed E-state index contributed by atoms with van der Waals surface area (Å²) in [5.41, 5.74) is 0.471. The summed E-state index contributed by atoms with van der Waals surface area (Å²) < 4.78 is 0. The lowest BCUT2D eigenvalue weighted by Crippen LogP contribution is -2.26. The van der Waals surface area contributed by atoms with Gasteiger partial charge in [0, 0.05) is 0 Å². The van der Waals surface area contributed by atoms with Crippen molar-refractivity contribution >= 4 is 0 Å². The molecule has 0 heterocycles. The third-order valence-electron chi connectivity index (χ3n) is 4.43. The molecule has 3 atom stereocenters. The average Bonchev–Trinajstić information content (AvgIpc) is 2.12. The largest absolute Gasteiger partial charge is 0.0651 e. The molecule has 0 saturated heterocycles. The van der Waals surface area contributed by atoms with Crippen molar-refractivity contribution in [1.82, 2.24) is 0 Å². The standard InChI is InChI=1S/C16H34/c1-9-14(16(6,7)8)11-13(5)15(10-2)12(3)4/h12-15H,9-11H2,1-8H3. The molecule has 0 aliphatic carbocycles. The molecule has 3 unspecified atom stereocenters. The molecule has 0 heteroatoms. The van der Waals surface area contributed by atoms with Gasteiger partial charge >= 0.3 is 0 Å². The van der Waals surface area contributed by atoms with Crippen LogP contribution in [0.4, 0.5) is 0 Å². The molecule has 0 rings (SSSR count). The highest BCUT2D eigenvalue weighted by molar-refractivity contribution is 4.78. The summed E-state index contributed by atoms with van der Waals surface area (Å²) in [4.78, 5) is 0. The minimum Gasteiger partial charge on any atom is -0.0651 e. The number of hydrogen-bond acceptors (Lipinski definition) is 0. The Bertz CT molecular complexity index is 173. The normalized spacial score (nSPS) is 18.6. The molecule has 0 N–H and O–H groups in total. The zero-order chi connectivity index (χ0) is 12.9. The second-order valence-corrected chi connectivity index (χ2v) is 7.00. The Morgan fingerprint density at radius 2 is 1.38 bits per heavy atom. The maximum atomic E-state index is 2.46. The lowest BCUT2D eigenvalue weighted by molar-refractivity contribution is 0.148. The molecule has 0 spiro atoms. The van der Waals surface area contributed by atoms with Crippen molar-refractivity contribution in [2.75, 3.05) is 0 Å². The second-order valence-electron chi connectivity index (χ2n) is 7.00. The van der Waals surface area contributed by atoms with Gasteiger partial charge in [-0.3, -0.25) is 0 Å². The summed E-state index contributed by atoms with van der Waals surface area (Å²) in [6, 6.07) is 0. The van der Waals surface area contributed by atoms with Gasteiger partial charge in [0.05, 0.1) is 0 Å². The molecular weight excluding hydrogens is 192 g/mol. The van der Waals surface area contributed by atoms with E-state index in [4.69, 9.17) is 0 Å². The molecule has 0 bridgehead atoms. The molecular formula is C16H34. The summed E-state index contributed by atoms with van der Waals surface area (Å²) in [6.45, 7) is 19.1. The highest BCUT2D eigenvalue weighted by Crippen LogP contribution is 2.37. The average molecular weight is 226 g/mol. The molecule has 0 aliphatic rings. The lowest BCUT2D eigenvalue weighted by Gasteiger charge is -2.35. The highest BCUT2D eigenvalue weighted by atomic mass is 14.3. The van der Waals surface area contributed by atoms with E-state index in [0.717, 1.165) is 23.7 Å². The van der Waals surface area contributed by atoms with Gasteiger partial charge in [-0.2, -0.15) is 0 Å². The van der Waals surface area contributed by atoms with Crippen molar-refractivity contribution in [3.05, 3.63) is 0 Å². The monoisotopic (exact) mass is 226 g/mol. The van der Waals surface area contributed by atoms with Gasteiger partial charge in [-0.25, -0.2) is 0 Å². The van der Waals surface area contributed by atoms with Crippen LogP contribution in [0.25, 0.3) is 0 Å². The van der Waals surface area contributed by atoms with E-state index in [-0.39, 0.29) is 0 Å². The quantitative estimate of drug-likeness (QED) is 0.539. The third-order valence-corrected chi connectivity index (χ3v) is 4.43. The first kappa shape index (κ1) is 16.0. The van der Waals surface area contributed by atoms with Crippen LogP contribution in [0.1, 0.15) is 74.7 Å². The van der Waals surface area contributed by atoms with Crippen LogP contribution in [0, 0.1) is 29.1 Å². The van der Waals surface area contributed by atoms with Crippen LogP contribution in [0.2, 0.25) is 0 Å². The minimum atomic E-state index is 0.471. The zero-order valence-corrected chi connectivity index (χ0v) is 12.9. The second kappa shape index (κ2) is 6.67. The van der Waals surface area contributed by atoms with Crippen LogP contribution in [0.5, 0.6) is 0 Å². The summed E-state index contributed by atoms with van der Waals surface area (Å²) in [7, 11) is 0. The highest BCUT2D eigenvalue weighted by Gasteiger charge is 2.28. The fourth-order valence-corrected chi connectivity index (χ4v) is 3.29. The van der Waals surface area contributed by atoms with E-state index in [0.29, 0.717) is 5.41 Å². The molecule has 0 aliphatic heterocycles. The lowest BCUT2D eigenvalue weighted by atomic mass is 9.70. The zero-order valence-electron chi connectivity index (χ0n) is 12.9. The van der Waals surface area contributed by atoms with Crippen molar-refractivity contribution in [2.24, 2.45) is 29.1 Å². The molecule has 0 saturated carbocycles. The predicted molar refractivity (Wildman–Crippen MR) is 75.6 cm³/mol. The van der Waals surface area contributed by atoms with Crippen molar-refractivity contribution in [1.29, 1.82) is 0 Å². The summed E-state index contributed by atoms with van der Waals surface area (Å²) in [5.74, 6) is 3.47.